The van der Waals surface area contributed by atoms with E-state index in [-0.39, 0.29) is 10.8 Å². The molecule has 0 saturated carbocycles. The average Bonchev–Trinajstić information content (AvgIpc) is 2.81. The molecule has 116 valence electrons. The zero-order valence-corrected chi connectivity index (χ0v) is 12.4. The summed E-state index contributed by atoms with van der Waals surface area (Å²) in [7, 11) is -4.51. The highest BCUT2D eigenvalue weighted by molar-refractivity contribution is 7.90. The second kappa shape index (κ2) is 5.35. The molecule has 22 heavy (non-hydrogen) atoms. The maximum atomic E-state index is 12.5. The van der Waals surface area contributed by atoms with Crippen molar-refractivity contribution in [1.29, 1.82) is 0 Å². The van der Waals surface area contributed by atoms with E-state index in [0.29, 0.717) is 3.97 Å². The smallest absolute Gasteiger partial charge is 0.358 e. The molecule has 0 N–H and O–H groups in total. The molecule has 0 aliphatic rings. The summed E-state index contributed by atoms with van der Waals surface area (Å²) in [5, 5.41) is 21.4. The van der Waals surface area contributed by atoms with Gasteiger partial charge < -0.3 is 10.1 Å². The van der Waals surface area contributed by atoms with Gasteiger partial charge in [0.05, 0.1) is 9.95 Å². The van der Waals surface area contributed by atoms with Crippen molar-refractivity contribution in [2.75, 3.05) is 0 Å². The predicted molar refractivity (Wildman–Crippen MR) is 74.3 cm³/mol. The Morgan fingerprint density at radius 2 is 1.86 bits per heavy atom. The third-order valence-corrected chi connectivity index (χ3v) is 4.97. The molecule has 1 aromatic carbocycles. The fraction of sp³-hybridized carbons (Fsp3) is 0.100. The average molecular weight is 347 g/mol. The molecular weight excluding hydrogens is 340 g/mol. The molecule has 0 fully saturated rings. The molecule has 10 nitrogen and oxygen atoms in total. The number of imidazole rings is 1. The number of benzene rings is 1. The molecule has 1 heterocycles. The maximum Gasteiger partial charge on any atom is 0.358 e. The van der Waals surface area contributed by atoms with Crippen LogP contribution in [0.2, 0.25) is 5.02 Å². The summed E-state index contributed by atoms with van der Waals surface area (Å²) < 4.78 is 25.5. The van der Waals surface area contributed by atoms with Crippen LogP contribution in [0.25, 0.3) is 0 Å². The third-order valence-electron chi connectivity index (χ3n) is 2.70. The number of halogens is 1. The molecule has 0 atom stereocenters. The van der Waals surface area contributed by atoms with Gasteiger partial charge in [0.25, 0.3) is 5.69 Å². The predicted octanol–water partition coefficient (Wildman–Crippen LogP) is 1.90. The Labute approximate surface area is 128 Å². The highest BCUT2D eigenvalue weighted by atomic mass is 35.5. The molecule has 0 aliphatic carbocycles. The van der Waals surface area contributed by atoms with Crippen LogP contribution in [-0.2, 0) is 10.0 Å². The fourth-order valence-electron chi connectivity index (χ4n) is 1.74. The van der Waals surface area contributed by atoms with Crippen molar-refractivity contribution in [3.63, 3.8) is 0 Å². The zero-order chi connectivity index (χ0) is 16.7. The summed E-state index contributed by atoms with van der Waals surface area (Å²) >= 11 is 5.78. The zero-order valence-electron chi connectivity index (χ0n) is 10.8. The van der Waals surface area contributed by atoms with Crippen LogP contribution in [-0.4, -0.2) is 27.2 Å². The molecule has 0 bridgehead atoms. The summed E-state index contributed by atoms with van der Waals surface area (Å²) in [5.74, 6) is -0.964. The van der Waals surface area contributed by atoms with Gasteiger partial charge in [-0.15, -0.1) is 0 Å². The van der Waals surface area contributed by atoms with E-state index in [9.17, 15) is 28.6 Å². The van der Waals surface area contributed by atoms with Gasteiger partial charge in [-0.3, -0.25) is 10.1 Å². The van der Waals surface area contributed by atoms with E-state index in [4.69, 9.17) is 11.6 Å². The van der Waals surface area contributed by atoms with E-state index >= 15 is 0 Å². The van der Waals surface area contributed by atoms with E-state index in [1.807, 2.05) is 0 Å². The number of nitro groups is 2. The molecule has 12 heteroatoms. The first kappa shape index (κ1) is 15.9. The normalized spacial score (nSPS) is 11.4. The number of hydrogen-bond donors (Lipinski definition) is 0. The van der Waals surface area contributed by atoms with Crippen molar-refractivity contribution in [3.8, 4) is 0 Å². The van der Waals surface area contributed by atoms with E-state index in [1.54, 1.807) is 0 Å². The lowest BCUT2D eigenvalue weighted by molar-refractivity contribution is -0.390. The Morgan fingerprint density at radius 3 is 2.41 bits per heavy atom. The van der Waals surface area contributed by atoms with Crippen LogP contribution < -0.4 is 0 Å². The number of nitrogens with zero attached hydrogens (tertiary/aromatic N) is 4. The minimum atomic E-state index is -4.51. The van der Waals surface area contributed by atoms with Crippen LogP contribution in [0.15, 0.2) is 29.3 Å². The summed E-state index contributed by atoms with van der Waals surface area (Å²) in [6.45, 7) is 1.25. The molecule has 0 aliphatic heterocycles. The second-order valence-corrected chi connectivity index (χ2v) is 6.22. The third kappa shape index (κ3) is 2.51. The lowest BCUT2D eigenvalue weighted by atomic mass is 10.3. The molecule has 0 radical (unpaired) electrons. The minimum Gasteiger partial charge on any atom is -0.358 e. The van der Waals surface area contributed by atoms with Gasteiger partial charge in [0.2, 0.25) is 5.82 Å². The maximum absolute atomic E-state index is 12.5. The number of aromatic nitrogens is 2. The lowest BCUT2D eigenvalue weighted by Crippen LogP contribution is -2.17. The molecular formula is C10H7ClN4O6S. The molecule has 0 unspecified atom stereocenters. The number of nitro benzene ring substituents is 1. The first-order valence-corrected chi connectivity index (χ1v) is 7.36. The monoisotopic (exact) mass is 346 g/mol. The largest absolute Gasteiger partial charge is 0.358 e. The number of non-ortho nitro benzene ring substituents is 1. The topological polar surface area (TPSA) is 138 Å². The highest BCUT2D eigenvalue weighted by Crippen LogP contribution is 2.30. The van der Waals surface area contributed by atoms with Crippen molar-refractivity contribution in [3.05, 3.63) is 55.5 Å². The van der Waals surface area contributed by atoms with Crippen molar-refractivity contribution in [1.82, 2.24) is 8.96 Å². The Bertz CT molecular complexity index is 891. The van der Waals surface area contributed by atoms with Gasteiger partial charge in [0, 0.05) is 19.1 Å². The summed E-state index contributed by atoms with van der Waals surface area (Å²) in [6, 6.07) is 2.79. The van der Waals surface area contributed by atoms with E-state index in [0.717, 1.165) is 24.4 Å². The van der Waals surface area contributed by atoms with Gasteiger partial charge in [-0.05, 0) is 11.0 Å². The van der Waals surface area contributed by atoms with Crippen LogP contribution in [0.5, 0.6) is 0 Å². The molecule has 0 amide bonds. The number of aryl methyl sites for hydroxylation is 1. The van der Waals surface area contributed by atoms with Gasteiger partial charge in [-0.1, -0.05) is 15.6 Å². The Balaban J connectivity index is 2.77. The second-order valence-electron chi connectivity index (χ2n) is 4.06. The molecule has 2 rings (SSSR count). The van der Waals surface area contributed by atoms with Crippen molar-refractivity contribution in [2.45, 2.75) is 11.8 Å². The van der Waals surface area contributed by atoms with Crippen molar-refractivity contribution in [2.24, 2.45) is 0 Å². The Kier molecular flexibility index (Phi) is 3.85. The quantitative estimate of drug-likeness (QED) is 0.608. The minimum absolute atomic E-state index is 0.172. The van der Waals surface area contributed by atoms with Crippen LogP contribution in [0, 0.1) is 27.2 Å². The fourth-order valence-corrected chi connectivity index (χ4v) is 3.69. The lowest BCUT2D eigenvalue weighted by Gasteiger charge is -2.06. The first-order chi connectivity index (χ1) is 10.2. The molecule has 2 aromatic rings. The Hall–Kier alpha value is -2.53. The number of hydrogen-bond acceptors (Lipinski definition) is 7. The summed E-state index contributed by atoms with van der Waals surface area (Å²) in [6.07, 6.45) is 0.776. The standard InChI is InChI=1S/C10H7ClN4O6S/c1-6-12-5-10(15(18)19)13(6)22(20,21)9-4-7(14(16)17)2-3-8(9)11/h2-5H,1H3. The highest BCUT2D eigenvalue weighted by Gasteiger charge is 2.34. The number of rotatable bonds is 4. The van der Waals surface area contributed by atoms with Crippen molar-refractivity contribution < 1.29 is 18.3 Å². The molecule has 1 aromatic heterocycles. The van der Waals surface area contributed by atoms with Gasteiger partial charge in [0.1, 0.15) is 11.1 Å². The van der Waals surface area contributed by atoms with Gasteiger partial charge >= 0.3 is 15.8 Å². The van der Waals surface area contributed by atoms with Crippen LogP contribution in [0.3, 0.4) is 0 Å². The van der Waals surface area contributed by atoms with Crippen LogP contribution in [0.4, 0.5) is 11.5 Å². The van der Waals surface area contributed by atoms with E-state index < -0.39 is 36.3 Å². The van der Waals surface area contributed by atoms with E-state index in [1.165, 1.54) is 6.92 Å². The SMILES string of the molecule is Cc1ncc([N+](=O)[O-])n1S(=O)(=O)c1cc([N+](=O)[O-])ccc1Cl. The molecule has 0 spiro atoms. The van der Waals surface area contributed by atoms with Crippen LogP contribution in [0.1, 0.15) is 5.82 Å². The van der Waals surface area contributed by atoms with Crippen LogP contribution >= 0.6 is 11.6 Å². The summed E-state index contributed by atoms with van der Waals surface area (Å²) in [5.41, 5.74) is -0.511. The summed E-state index contributed by atoms with van der Waals surface area (Å²) in [4.78, 5) is 22.9. The Morgan fingerprint density at radius 1 is 1.23 bits per heavy atom. The van der Waals surface area contributed by atoms with Gasteiger partial charge in [0.15, 0.2) is 0 Å². The first-order valence-electron chi connectivity index (χ1n) is 5.54. The van der Waals surface area contributed by atoms with Gasteiger partial charge in [-0.25, -0.2) is 4.98 Å². The van der Waals surface area contributed by atoms with Gasteiger partial charge in [-0.2, -0.15) is 8.42 Å². The van der Waals surface area contributed by atoms with Crippen molar-refractivity contribution >= 4 is 33.1 Å². The molecule has 0 saturated heterocycles. The van der Waals surface area contributed by atoms with E-state index in [2.05, 4.69) is 4.98 Å².